The molecule has 0 saturated heterocycles. The number of rotatable bonds is 10. The van der Waals surface area contributed by atoms with E-state index in [4.69, 9.17) is 9.88 Å². The van der Waals surface area contributed by atoms with Gasteiger partial charge in [-0.3, -0.25) is 14.9 Å². The van der Waals surface area contributed by atoms with Crippen LogP contribution in [0.4, 0.5) is 11.4 Å². The summed E-state index contributed by atoms with van der Waals surface area (Å²) in [5.74, 6) is 0.0783. The highest BCUT2D eigenvalue weighted by atomic mass is 32.2. The third kappa shape index (κ3) is 7.72. The second kappa shape index (κ2) is 11.5. The van der Waals surface area contributed by atoms with Crippen LogP contribution in [-0.2, 0) is 19.6 Å². The van der Waals surface area contributed by atoms with Crippen LogP contribution in [0.5, 0.6) is 0 Å². The summed E-state index contributed by atoms with van der Waals surface area (Å²) in [6.07, 6.45) is 4.84. The van der Waals surface area contributed by atoms with E-state index in [2.05, 4.69) is 5.32 Å². The number of anilines is 1. The fraction of sp³-hybridized carbons (Fsp3) is 0.409. The van der Waals surface area contributed by atoms with Gasteiger partial charge in [-0.05, 0) is 49.9 Å². The molecule has 1 aliphatic carbocycles. The number of nitro benzene ring substituents is 1. The second-order valence-electron chi connectivity index (χ2n) is 7.90. The predicted molar refractivity (Wildman–Crippen MR) is 127 cm³/mol. The zero-order valence-electron chi connectivity index (χ0n) is 18.0. The molecule has 3 rings (SSSR count). The Morgan fingerprint density at radius 3 is 2.52 bits per heavy atom. The van der Waals surface area contributed by atoms with Crippen molar-refractivity contribution >= 4 is 39.1 Å². The Morgan fingerprint density at radius 2 is 1.88 bits per heavy atom. The maximum absolute atomic E-state index is 12.6. The summed E-state index contributed by atoms with van der Waals surface area (Å²) in [5, 5.41) is 19.7. The molecule has 11 heteroatoms. The average molecular weight is 494 g/mol. The molecule has 1 saturated carbocycles. The lowest BCUT2D eigenvalue weighted by Crippen LogP contribution is -2.29. The van der Waals surface area contributed by atoms with Crippen LogP contribution in [0, 0.1) is 10.1 Å². The van der Waals surface area contributed by atoms with Crippen LogP contribution in [-0.4, -0.2) is 37.2 Å². The number of primary sulfonamides is 1. The van der Waals surface area contributed by atoms with Crippen molar-refractivity contribution in [2.24, 2.45) is 5.14 Å². The number of nitrogens with one attached hydrogen (secondary N) is 1. The van der Waals surface area contributed by atoms with Gasteiger partial charge in [0, 0.05) is 22.8 Å². The molecule has 2 aromatic carbocycles. The molecule has 0 spiro atoms. The summed E-state index contributed by atoms with van der Waals surface area (Å²) in [6, 6.07) is 12.5. The average Bonchev–Trinajstić information content (AvgIpc) is 2.78. The molecule has 1 atom stereocenters. The van der Waals surface area contributed by atoms with Gasteiger partial charge in [0.15, 0.2) is 0 Å². The first-order valence-corrected chi connectivity index (χ1v) is 13.2. The number of nitrogens with zero attached hydrogens (tertiary/aromatic N) is 1. The first-order chi connectivity index (χ1) is 15.7. The standard InChI is InChI=1S/C22H27N3O6S2/c23-33(29,30)19-11-12-20(21(14-19)25(27)28)24-16(15-32-18-9-5-2-6-10-18)13-22(26)31-17-7-3-1-4-8-17/h2,5-6,9-12,14,16-17,24H,1,3-4,7-8,13,15H2,(H2,23,29,30)/t16-/m0/s1. The zero-order valence-corrected chi connectivity index (χ0v) is 19.6. The fourth-order valence-electron chi connectivity index (χ4n) is 3.66. The summed E-state index contributed by atoms with van der Waals surface area (Å²) < 4.78 is 28.8. The molecule has 0 bridgehead atoms. The molecule has 0 aromatic heterocycles. The Hall–Kier alpha value is -2.63. The molecule has 0 radical (unpaired) electrons. The number of hydrogen-bond donors (Lipinski definition) is 2. The van der Waals surface area contributed by atoms with Crippen LogP contribution in [0.1, 0.15) is 38.5 Å². The fourth-order valence-corrected chi connectivity index (χ4v) is 5.14. The van der Waals surface area contributed by atoms with E-state index in [1.54, 1.807) is 0 Å². The molecule has 0 amide bonds. The molecular formula is C22H27N3O6S2. The molecule has 3 N–H and O–H groups in total. The number of sulfonamides is 1. The monoisotopic (exact) mass is 493 g/mol. The number of hydrogen-bond acceptors (Lipinski definition) is 8. The molecule has 9 nitrogen and oxygen atoms in total. The number of benzene rings is 2. The van der Waals surface area contributed by atoms with Crippen LogP contribution in [0.25, 0.3) is 0 Å². The van der Waals surface area contributed by atoms with Crippen molar-refractivity contribution in [3.8, 4) is 0 Å². The summed E-state index contributed by atoms with van der Waals surface area (Å²) in [4.78, 5) is 24.2. The normalized spacial score (nSPS) is 15.5. The molecule has 0 aliphatic heterocycles. The van der Waals surface area contributed by atoms with Crippen molar-refractivity contribution in [2.75, 3.05) is 11.1 Å². The number of ether oxygens (including phenoxy) is 1. The third-order valence-electron chi connectivity index (χ3n) is 5.31. The van der Waals surface area contributed by atoms with Gasteiger partial charge in [0.1, 0.15) is 11.8 Å². The Balaban J connectivity index is 1.77. The summed E-state index contributed by atoms with van der Waals surface area (Å²) >= 11 is 1.50. The van der Waals surface area contributed by atoms with Gasteiger partial charge >= 0.3 is 5.97 Å². The van der Waals surface area contributed by atoms with Gasteiger partial charge in [-0.1, -0.05) is 24.6 Å². The van der Waals surface area contributed by atoms with E-state index in [1.165, 1.54) is 23.9 Å². The van der Waals surface area contributed by atoms with Crippen LogP contribution in [0.15, 0.2) is 58.3 Å². The van der Waals surface area contributed by atoms with Crippen molar-refractivity contribution < 1.29 is 22.9 Å². The Bertz CT molecular complexity index is 1070. The summed E-state index contributed by atoms with van der Waals surface area (Å²) in [5.41, 5.74) is -0.326. The van der Waals surface area contributed by atoms with Crippen molar-refractivity contribution in [1.82, 2.24) is 0 Å². The molecule has 0 unspecified atom stereocenters. The topological polar surface area (TPSA) is 142 Å². The third-order valence-corrected chi connectivity index (χ3v) is 7.40. The largest absolute Gasteiger partial charge is 0.462 e. The number of carbonyl (C=O) groups excluding carboxylic acids is 1. The molecule has 33 heavy (non-hydrogen) atoms. The quantitative estimate of drug-likeness (QED) is 0.218. The van der Waals surface area contributed by atoms with E-state index in [-0.39, 0.29) is 29.1 Å². The van der Waals surface area contributed by atoms with E-state index >= 15 is 0 Å². The highest BCUT2D eigenvalue weighted by Crippen LogP contribution is 2.30. The van der Waals surface area contributed by atoms with E-state index < -0.39 is 26.7 Å². The number of nitro groups is 1. The van der Waals surface area contributed by atoms with Gasteiger partial charge in [0.2, 0.25) is 10.0 Å². The van der Waals surface area contributed by atoms with Crippen LogP contribution < -0.4 is 10.5 Å². The molecule has 1 fully saturated rings. The number of nitrogens with two attached hydrogens (primary N) is 1. The Morgan fingerprint density at radius 1 is 1.18 bits per heavy atom. The van der Waals surface area contributed by atoms with E-state index in [0.717, 1.165) is 43.1 Å². The lowest BCUT2D eigenvalue weighted by atomic mass is 9.98. The Kier molecular flexibility index (Phi) is 8.70. The predicted octanol–water partition coefficient (Wildman–Crippen LogP) is 4.08. The highest BCUT2D eigenvalue weighted by molar-refractivity contribution is 7.99. The minimum Gasteiger partial charge on any atom is -0.462 e. The van der Waals surface area contributed by atoms with Crippen LogP contribution in [0.3, 0.4) is 0 Å². The zero-order chi connectivity index (χ0) is 23.8. The van der Waals surface area contributed by atoms with Gasteiger partial charge in [-0.25, -0.2) is 13.6 Å². The maximum atomic E-state index is 12.6. The van der Waals surface area contributed by atoms with E-state index in [9.17, 15) is 23.3 Å². The minimum absolute atomic E-state index is 0.0183. The minimum atomic E-state index is -4.10. The van der Waals surface area contributed by atoms with Crippen molar-refractivity contribution in [3.63, 3.8) is 0 Å². The van der Waals surface area contributed by atoms with Gasteiger partial charge in [0.25, 0.3) is 5.69 Å². The molecular weight excluding hydrogens is 466 g/mol. The van der Waals surface area contributed by atoms with Crippen molar-refractivity contribution in [3.05, 3.63) is 58.6 Å². The van der Waals surface area contributed by atoms with Gasteiger partial charge in [-0.2, -0.15) is 0 Å². The van der Waals surface area contributed by atoms with E-state index in [1.807, 2.05) is 30.3 Å². The number of thioether (sulfide) groups is 1. The first-order valence-electron chi connectivity index (χ1n) is 10.7. The lowest BCUT2D eigenvalue weighted by Gasteiger charge is -2.24. The summed E-state index contributed by atoms with van der Waals surface area (Å²) in [6.45, 7) is 0. The first kappa shape index (κ1) is 25.0. The molecule has 1 aliphatic rings. The Labute approximate surface area is 197 Å². The number of esters is 1. The van der Waals surface area contributed by atoms with Gasteiger partial charge < -0.3 is 10.1 Å². The summed E-state index contributed by atoms with van der Waals surface area (Å²) in [7, 11) is -4.10. The smallest absolute Gasteiger partial charge is 0.308 e. The van der Waals surface area contributed by atoms with Crippen molar-refractivity contribution in [1.29, 1.82) is 0 Å². The van der Waals surface area contributed by atoms with Crippen LogP contribution >= 0.6 is 11.8 Å². The van der Waals surface area contributed by atoms with Gasteiger partial charge in [-0.15, -0.1) is 11.8 Å². The highest BCUT2D eigenvalue weighted by Gasteiger charge is 2.25. The molecule has 0 heterocycles. The molecule has 178 valence electrons. The van der Waals surface area contributed by atoms with Gasteiger partial charge in [0.05, 0.1) is 16.2 Å². The van der Waals surface area contributed by atoms with Crippen LogP contribution in [0.2, 0.25) is 0 Å². The SMILES string of the molecule is NS(=O)(=O)c1ccc(N[C@H](CSc2ccccc2)CC(=O)OC2CCCCC2)c([N+](=O)[O-])c1. The maximum Gasteiger partial charge on any atom is 0.308 e. The number of carbonyl (C=O) groups is 1. The second-order valence-corrected chi connectivity index (χ2v) is 10.6. The molecule has 2 aromatic rings. The van der Waals surface area contributed by atoms with Crippen molar-refractivity contribution in [2.45, 2.75) is 60.5 Å². The van der Waals surface area contributed by atoms with E-state index in [0.29, 0.717) is 5.75 Å². The lowest BCUT2D eigenvalue weighted by molar-refractivity contribution is -0.384.